The van der Waals surface area contributed by atoms with Crippen molar-refractivity contribution in [1.82, 2.24) is 0 Å². The van der Waals surface area contributed by atoms with Crippen molar-refractivity contribution in [2.75, 3.05) is 7.11 Å². The van der Waals surface area contributed by atoms with E-state index >= 15 is 0 Å². The Morgan fingerprint density at radius 1 is 1.85 bits per heavy atom. The first kappa shape index (κ1) is 10.7. The Morgan fingerprint density at radius 2 is 2.54 bits per heavy atom. The molecule has 0 saturated carbocycles. The molecule has 3 nitrogen and oxygen atoms in total. The lowest BCUT2D eigenvalue weighted by Gasteiger charge is -2.06. The number of rotatable bonds is 3. The van der Waals surface area contributed by atoms with Gasteiger partial charge in [-0.15, -0.1) is 11.3 Å². The van der Waals surface area contributed by atoms with Crippen LogP contribution in [-0.2, 0) is 9.53 Å². The maximum atomic E-state index is 10.9. The predicted octanol–water partition coefficient (Wildman–Crippen LogP) is 2.07. The van der Waals surface area contributed by atoms with Gasteiger partial charge in [-0.05, 0) is 22.0 Å². The Kier molecular flexibility index (Phi) is 3.90. The van der Waals surface area contributed by atoms with Crippen LogP contribution < -0.4 is 5.73 Å². The molecule has 0 saturated heterocycles. The fourth-order valence-electron chi connectivity index (χ4n) is 0.886. The Morgan fingerprint density at radius 3 is 3.00 bits per heavy atom. The van der Waals surface area contributed by atoms with E-state index in [-0.39, 0.29) is 18.4 Å². The summed E-state index contributed by atoms with van der Waals surface area (Å²) in [6.45, 7) is 0. The number of esters is 1. The van der Waals surface area contributed by atoms with E-state index in [9.17, 15) is 4.79 Å². The molecule has 0 radical (unpaired) electrons. The molecule has 5 heteroatoms. The first-order valence-electron chi connectivity index (χ1n) is 3.70. The van der Waals surface area contributed by atoms with Crippen LogP contribution in [0.4, 0.5) is 0 Å². The van der Waals surface area contributed by atoms with E-state index in [1.807, 2.05) is 11.4 Å². The van der Waals surface area contributed by atoms with Gasteiger partial charge in [0.1, 0.15) is 0 Å². The summed E-state index contributed by atoms with van der Waals surface area (Å²) >= 11 is 4.85. The zero-order valence-corrected chi connectivity index (χ0v) is 9.52. The summed E-state index contributed by atoms with van der Waals surface area (Å²) in [5, 5.41) is 1.94. The molecule has 1 aromatic rings. The second-order valence-electron chi connectivity index (χ2n) is 2.55. The maximum absolute atomic E-state index is 10.9. The summed E-state index contributed by atoms with van der Waals surface area (Å²) in [6, 6.07) is 1.65. The van der Waals surface area contributed by atoms with Gasteiger partial charge in [-0.25, -0.2) is 0 Å². The number of hydrogen-bond acceptors (Lipinski definition) is 4. The highest BCUT2D eigenvalue weighted by Gasteiger charge is 2.13. The van der Waals surface area contributed by atoms with E-state index in [1.165, 1.54) is 18.4 Å². The second kappa shape index (κ2) is 4.74. The largest absolute Gasteiger partial charge is 0.469 e. The van der Waals surface area contributed by atoms with Gasteiger partial charge >= 0.3 is 5.97 Å². The Bertz CT molecular complexity index is 300. The highest BCUT2D eigenvalue weighted by Crippen LogP contribution is 2.25. The van der Waals surface area contributed by atoms with Crippen molar-refractivity contribution in [3.05, 3.63) is 20.8 Å². The van der Waals surface area contributed by atoms with E-state index in [0.29, 0.717) is 0 Å². The Balaban J connectivity index is 2.58. The van der Waals surface area contributed by atoms with Crippen molar-refractivity contribution in [2.24, 2.45) is 5.73 Å². The summed E-state index contributed by atoms with van der Waals surface area (Å²) in [5.74, 6) is -0.281. The number of hydrogen-bond donors (Lipinski definition) is 1. The van der Waals surface area contributed by atoms with E-state index in [2.05, 4.69) is 20.7 Å². The second-order valence-corrected chi connectivity index (χ2v) is 4.41. The molecule has 0 fully saturated rings. The van der Waals surface area contributed by atoms with Crippen LogP contribution in [0.15, 0.2) is 15.9 Å². The third kappa shape index (κ3) is 3.10. The summed E-state index contributed by atoms with van der Waals surface area (Å²) in [6.07, 6.45) is 0.226. The number of nitrogens with two attached hydrogens (primary N) is 1. The van der Waals surface area contributed by atoms with Crippen LogP contribution in [-0.4, -0.2) is 13.1 Å². The number of carbonyl (C=O) groups excluding carboxylic acids is 1. The normalized spacial score (nSPS) is 12.5. The maximum Gasteiger partial charge on any atom is 0.307 e. The Hall–Kier alpha value is -0.390. The number of halogens is 1. The van der Waals surface area contributed by atoms with Crippen LogP contribution in [0.1, 0.15) is 17.3 Å². The molecule has 1 rings (SSSR count). The standard InChI is InChI=1S/C8H10BrNO2S/c1-12-8(11)3-6(10)7-2-5(9)4-13-7/h2,4,6H,3,10H2,1H3/t6-/m0/s1. The summed E-state index contributed by atoms with van der Waals surface area (Å²) in [5.41, 5.74) is 5.77. The molecule has 1 atom stereocenters. The third-order valence-corrected chi connectivity index (χ3v) is 3.39. The van der Waals surface area contributed by atoms with Crippen LogP contribution in [0.25, 0.3) is 0 Å². The van der Waals surface area contributed by atoms with Crippen LogP contribution >= 0.6 is 27.3 Å². The van der Waals surface area contributed by atoms with Crippen molar-refractivity contribution in [1.29, 1.82) is 0 Å². The fraction of sp³-hybridized carbons (Fsp3) is 0.375. The van der Waals surface area contributed by atoms with Gasteiger partial charge in [-0.2, -0.15) is 0 Å². The van der Waals surface area contributed by atoms with Crippen molar-refractivity contribution in [3.8, 4) is 0 Å². The van der Waals surface area contributed by atoms with Gasteiger partial charge < -0.3 is 10.5 Å². The van der Waals surface area contributed by atoms with Gasteiger partial charge in [0.05, 0.1) is 13.5 Å². The third-order valence-electron chi connectivity index (χ3n) is 1.57. The van der Waals surface area contributed by atoms with Crippen LogP contribution in [0, 0.1) is 0 Å². The topological polar surface area (TPSA) is 52.3 Å². The Labute approximate surface area is 89.0 Å². The number of methoxy groups -OCH3 is 1. The molecule has 0 aromatic carbocycles. The SMILES string of the molecule is COC(=O)C[C@H](N)c1cc(Br)cs1. The van der Waals surface area contributed by atoms with Gasteiger partial charge in [0.25, 0.3) is 0 Å². The fourth-order valence-corrected chi connectivity index (χ4v) is 2.33. The molecular weight excluding hydrogens is 254 g/mol. The molecule has 2 N–H and O–H groups in total. The van der Waals surface area contributed by atoms with Gasteiger partial charge in [0.2, 0.25) is 0 Å². The van der Waals surface area contributed by atoms with Crippen molar-refractivity contribution < 1.29 is 9.53 Å². The smallest absolute Gasteiger partial charge is 0.307 e. The summed E-state index contributed by atoms with van der Waals surface area (Å²) in [4.78, 5) is 11.9. The highest BCUT2D eigenvalue weighted by molar-refractivity contribution is 9.10. The molecular formula is C8H10BrNO2S. The lowest BCUT2D eigenvalue weighted by molar-refractivity contribution is -0.141. The molecule has 0 aliphatic rings. The molecule has 1 aromatic heterocycles. The van der Waals surface area contributed by atoms with Crippen molar-refractivity contribution >= 4 is 33.2 Å². The zero-order valence-electron chi connectivity index (χ0n) is 7.12. The van der Waals surface area contributed by atoms with Gasteiger partial charge in [0, 0.05) is 20.8 Å². The molecule has 0 unspecified atom stereocenters. The molecule has 0 aliphatic heterocycles. The average Bonchev–Trinajstić information content (AvgIpc) is 2.51. The molecule has 0 aliphatic carbocycles. The van der Waals surface area contributed by atoms with Crippen LogP contribution in [0.5, 0.6) is 0 Å². The first-order valence-corrected chi connectivity index (χ1v) is 5.37. The molecule has 0 bridgehead atoms. The van der Waals surface area contributed by atoms with Crippen LogP contribution in [0.2, 0.25) is 0 Å². The average molecular weight is 264 g/mol. The van der Waals surface area contributed by atoms with Crippen LogP contribution in [0.3, 0.4) is 0 Å². The lowest BCUT2D eigenvalue weighted by atomic mass is 10.2. The van der Waals surface area contributed by atoms with E-state index in [4.69, 9.17) is 5.73 Å². The van der Waals surface area contributed by atoms with Crippen molar-refractivity contribution in [2.45, 2.75) is 12.5 Å². The molecule has 0 amide bonds. The zero-order chi connectivity index (χ0) is 9.84. The van der Waals surface area contributed by atoms with E-state index in [0.717, 1.165) is 9.35 Å². The molecule has 1 heterocycles. The molecule has 0 spiro atoms. The minimum Gasteiger partial charge on any atom is -0.469 e. The van der Waals surface area contributed by atoms with E-state index < -0.39 is 0 Å². The minimum atomic E-state index is -0.281. The quantitative estimate of drug-likeness (QED) is 0.850. The molecule has 13 heavy (non-hydrogen) atoms. The number of thiophene rings is 1. The summed E-state index contributed by atoms with van der Waals surface area (Å²) in [7, 11) is 1.36. The van der Waals surface area contributed by atoms with E-state index in [1.54, 1.807) is 0 Å². The highest BCUT2D eigenvalue weighted by atomic mass is 79.9. The monoisotopic (exact) mass is 263 g/mol. The van der Waals surface area contributed by atoms with Gasteiger partial charge in [-0.3, -0.25) is 4.79 Å². The summed E-state index contributed by atoms with van der Waals surface area (Å²) < 4.78 is 5.52. The number of carbonyl (C=O) groups is 1. The van der Waals surface area contributed by atoms with Gasteiger partial charge in [0.15, 0.2) is 0 Å². The number of ether oxygens (including phenoxy) is 1. The predicted molar refractivity (Wildman–Crippen MR) is 55.6 cm³/mol. The molecule has 72 valence electrons. The first-order chi connectivity index (χ1) is 6.13. The van der Waals surface area contributed by atoms with Gasteiger partial charge in [-0.1, -0.05) is 0 Å². The lowest BCUT2D eigenvalue weighted by Crippen LogP contribution is -2.15. The minimum absolute atomic E-state index is 0.226. The van der Waals surface area contributed by atoms with Crippen molar-refractivity contribution in [3.63, 3.8) is 0 Å².